The van der Waals surface area contributed by atoms with Crippen LogP contribution in [-0.4, -0.2) is 33.9 Å². The van der Waals surface area contributed by atoms with Gasteiger partial charge in [0.15, 0.2) is 5.82 Å². The molecule has 0 atom stereocenters. The number of Topliss-reactive ketones (excluding diaryl/α,β-unsaturated/α-hetero) is 1. The molecule has 5 rings (SSSR count). The Kier molecular flexibility index (Phi) is 8.11. The number of carbonyl (C=O) groups is 1. The normalized spacial score (nSPS) is 15.4. The summed E-state index contributed by atoms with van der Waals surface area (Å²) in [6.45, 7) is 1.92. The predicted octanol–water partition coefficient (Wildman–Crippen LogP) is 8.00. The molecule has 1 aromatic heterocycles. The first kappa shape index (κ1) is 25.7. The van der Waals surface area contributed by atoms with Crippen molar-refractivity contribution < 1.29 is 9.90 Å². The third-order valence-corrected chi connectivity index (χ3v) is 7.67. The number of allylic oxidation sites excluding steroid dienone is 2. The molecular weight excluding hydrogens is 505 g/mol. The van der Waals surface area contributed by atoms with Crippen LogP contribution >= 0.6 is 23.2 Å². The Morgan fingerprint density at radius 1 is 0.811 bits per heavy atom. The molecule has 5 nitrogen and oxygen atoms in total. The van der Waals surface area contributed by atoms with E-state index >= 15 is 0 Å². The molecule has 0 saturated heterocycles. The quantitative estimate of drug-likeness (QED) is 0.281. The molecule has 2 aromatic carbocycles. The number of ketones is 1. The van der Waals surface area contributed by atoms with E-state index in [0.717, 1.165) is 97.6 Å². The maximum atomic E-state index is 11.5. The summed E-state index contributed by atoms with van der Waals surface area (Å²) in [5.74, 6) is 1.42. The van der Waals surface area contributed by atoms with Crippen molar-refractivity contribution in [3.05, 3.63) is 75.6 Å². The van der Waals surface area contributed by atoms with Crippen molar-refractivity contribution in [1.82, 2.24) is 9.97 Å². The Balaban J connectivity index is 1.30. The van der Waals surface area contributed by atoms with Gasteiger partial charge in [-0.25, -0.2) is 9.97 Å². The molecule has 0 saturated carbocycles. The van der Waals surface area contributed by atoms with Crippen molar-refractivity contribution in [2.45, 2.75) is 57.8 Å². The zero-order valence-corrected chi connectivity index (χ0v) is 22.4. The Morgan fingerprint density at radius 3 is 2.05 bits per heavy atom. The molecule has 0 fully saturated rings. The van der Waals surface area contributed by atoms with E-state index < -0.39 is 0 Å². The highest BCUT2D eigenvalue weighted by Gasteiger charge is 2.24. The highest BCUT2D eigenvalue weighted by molar-refractivity contribution is 6.31. The number of hydrogen-bond donors (Lipinski definition) is 1. The molecule has 0 amide bonds. The molecule has 2 heterocycles. The zero-order chi connectivity index (χ0) is 25.8. The molecule has 3 aromatic rings. The fourth-order valence-corrected chi connectivity index (χ4v) is 5.45. The Bertz CT molecular complexity index is 1300. The summed E-state index contributed by atoms with van der Waals surface area (Å²) in [5, 5.41) is 11.3. The minimum Gasteiger partial charge on any atom is -0.512 e. The van der Waals surface area contributed by atoms with Crippen LogP contribution in [0.1, 0.15) is 57.1 Å². The number of halogens is 2. The molecule has 0 bridgehead atoms. The lowest BCUT2D eigenvalue weighted by Crippen LogP contribution is -2.32. The van der Waals surface area contributed by atoms with Crippen molar-refractivity contribution in [2.75, 3.05) is 18.0 Å². The highest BCUT2D eigenvalue weighted by atomic mass is 35.5. The van der Waals surface area contributed by atoms with Crippen LogP contribution in [0.25, 0.3) is 22.5 Å². The van der Waals surface area contributed by atoms with Gasteiger partial charge in [0.25, 0.3) is 0 Å². The van der Waals surface area contributed by atoms with E-state index in [1.165, 1.54) is 0 Å². The van der Waals surface area contributed by atoms with Gasteiger partial charge in [-0.1, -0.05) is 60.3 Å². The maximum absolute atomic E-state index is 11.5. The second-order valence-corrected chi connectivity index (χ2v) is 10.8. The average Bonchev–Trinajstić information content (AvgIpc) is 3.22. The smallest absolute Gasteiger partial charge is 0.151 e. The standard InChI is InChI=1S/C30H31Cl2N3O2/c31-23-12-8-20(9-13-23)28-29(21-10-14-24(32)15-11-21)34-30-26(33-28)7-5-17-35(30)16-4-2-1-3-6-22-18-25(36)19-27(22)37/h8-15,37H,1-7,16-19H2. The number of fused-ring (bicyclic) bond motifs is 1. The lowest BCUT2D eigenvalue weighted by molar-refractivity contribution is -0.117. The molecule has 1 aliphatic heterocycles. The summed E-state index contributed by atoms with van der Waals surface area (Å²) < 4.78 is 0. The van der Waals surface area contributed by atoms with Crippen LogP contribution in [0.2, 0.25) is 10.0 Å². The number of unbranched alkanes of at least 4 members (excludes halogenated alkanes) is 3. The number of anilines is 1. The van der Waals surface area contributed by atoms with E-state index in [9.17, 15) is 9.90 Å². The first-order valence-corrected chi connectivity index (χ1v) is 13.8. The van der Waals surface area contributed by atoms with Crippen molar-refractivity contribution in [1.29, 1.82) is 0 Å². The van der Waals surface area contributed by atoms with Crippen molar-refractivity contribution in [3.63, 3.8) is 0 Å². The number of benzene rings is 2. The lowest BCUT2D eigenvalue weighted by Gasteiger charge is -2.30. The number of aliphatic hydroxyl groups excluding tert-OH is 1. The highest BCUT2D eigenvalue weighted by Crippen LogP contribution is 2.35. The van der Waals surface area contributed by atoms with Gasteiger partial charge in [-0.05, 0) is 61.9 Å². The van der Waals surface area contributed by atoms with Gasteiger partial charge in [0.05, 0.1) is 29.3 Å². The molecule has 1 N–H and O–H groups in total. The summed E-state index contributed by atoms with van der Waals surface area (Å²) in [5.41, 5.74) is 5.68. The van der Waals surface area contributed by atoms with Gasteiger partial charge >= 0.3 is 0 Å². The van der Waals surface area contributed by atoms with Crippen molar-refractivity contribution >= 4 is 34.8 Å². The SMILES string of the molecule is O=C1CC(O)=C(CCCCCCN2CCCc3nc(-c4ccc(Cl)cc4)c(-c4ccc(Cl)cc4)nc32)C1. The van der Waals surface area contributed by atoms with Crippen LogP contribution in [0.15, 0.2) is 59.9 Å². The number of carbonyl (C=O) groups excluding carboxylic acids is 1. The third kappa shape index (κ3) is 6.16. The minimum atomic E-state index is 0.134. The molecule has 1 aliphatic carbocycles. The monoisotopic (exact) mass is 535 g/mol. The van der Waals surface area contributed by atoms with Crippen LogP contribution < -0.4 is 4.90 Å². The van der Waals surface area contributed by atoms with E-state index in [-0.39, 0.29) is 12.2 Å². The third-order valence-electron chi connectivity index (χ3n) is 7.16. The number of hydrogen-bond acceptors (Lipinski definition) is 5. The van der Waals surface area contributed by atoms with Gasteiger partial charge in [0, 0.05) is 40.7 Å². The van der Waals surface area contributed by atoms with E-state index in [4.69, 9.17) is 33.2 Å². The average molecular weight is 537 g/mol. The van der Waals surface area contributed by atoms with Gasteiger partial charge < -0.3 is 10.0 Å². The molecular formula is C30H31Cl2N3O2. The fraction of sp³-hybridized carbons (Fsp3) is 0.367. The topological polar surface area (TPSA) is 66.3 Å². The first-order chi connectivity index (χ1) is 18.0. The molecule has 192 valence electrons. The largest absolute Gasteiger partial charge is 0.512 e. The zero-order valence-electron chi connectivity index (χ0n) is 20.9. The molecule has 7 heteroatoms. The summed E-state index contributed by atoms with van der Waals surface area (Å²) >= 11 is 12.3. The number of rotatable bonds is 9. The van der Waals surface area contributed by atoms with Gasteiger partial charge in [-0.3, -0.25) is 4.79 Å². The number of aliphatic hydroxyl groups is 1. The Labute approximate surface area is 228 Å². The van der Waals surface area contributed by atoms with E-state index in [2.05, 4.69) is 4.90 Å². The fourth-order valence-electron chi connectivity index (χ4n) is 5.20. The predicted molar refractivity (Wildman–Crippen MR) is 150 cm³/mol. The van der Waals surface area contributed by atoms with Crippen LogP contribution in [0, 0.1) is 0 Å². The molecule has 0 unspecified atom stereocenters. The summed E-state index contributed by atoms with van der Waals surface area (Å²) in [6, 6.07) is 15.5. The second-order valence-electron chi connectivity index (χ2n) is 9.90. The molecule has 2 aliphatic rings. The summed E-state index contributed by atoms with van der Waals surface area (Å²) in [6.07, 6.45) is 7.73. The minimum absolute atomic E-state index is 0.134. The van der Waals surface area contributed by atoms with Crippen LogP contribution in [0.3, 0.4) is 0 Å². The molecule has 37 heavy (non-hydrogen) atoms. The van der Waals surface area contributed by atoms with E-state index in [0.29, 0.717) is 22.2 Å². The Morgan fingerprint density at radius 2 is 1.43 bits per heavy atom. The van der Waals surface area contributed by atoms with Gasteiger partial charge in [0.2, 0.25) is 0 Å². The van der Waals surface area contributed by atoms with Gasteiger partial charge in [-0.15, -0.1) is 0 Å². The van der Waals surface area contributed by atoms with E-state index in [1.807, 2.05) is 48.5 Å². The number of aromatic nitrogens is 2. The number of nitrogens with zero attached hydrogens (tertiary/aromatic N) is 3. The molecule has 0 radical (unpaired) electrons. The maximum Gasteiger partial charge on any atom is 0.151 e. The van der Waals surface area contributed by atoms with Crippen LogP contribution in [0.4, 0.5) is 5.82 Å². The van der Waals surface area contributed by atoms with Crippen LogP contribution in [-0.2, 0) is 11.2 Å². The summed E-state index contributed by atoms with van der Waals surface area (Å²) in [4.78, 5) is 24.2. The van der Waals surface area contributed by atoms with Gasteiger partial charge in [0.1, 0.15) is 5.78 Å². The van der Waals surface area contributed by atoms with Crippen molar-refractivity contribution in [3.8, 4) is 22.5 Å². The van der Waals surface area contributed by atoms with E-state index in [1.54, 1.807) is 0 Å². The number of aryl methyl sites for hydroxylation is 1. The van der Waals surface area contributed by atoms with Crippen molar-refractivity contribution in [2.24, 2.45) is 0 Å². The van der Waals surface area contributed by atoms with Crippen LogP contribution in [0.5, 0.6) is 0 Å². The summed E-state index contributed by atoms with van der Waals surface area (Å²) in [7, 11) is 0. The second kappa shape index (κ2) is 11.7. The van der Waals surface area contributed by atoms with Gasteiger partial charge in [-0.2, -0.15) is 0 Å². The lowest BCUT2D eigenvalue weighted by atomic mass is 10.0. The Hall–Kier alpha value is -2.89. The first-order valence-electron chi connectivity index (χ1n) is 13.1. The molecule has 0 spiro atoms.